The summed E-state index contributed by atoms with van der Waals surface area (Å²) in [5.41, 5.74) is 5.52. The van der Waals surface area contributed by atoms with Crippen molar-refractivity contribution in [3.05, 3.63) is 41.6 Å². The van der Waals surface area contributed by atoms with Crippen LogP contribution in [0.2, 0.25) is 0 Å². The van der Waals surface area contributed by atoms with Crippen molar-refractivity contribution in [1.29, 1.82) is 0 Å². The van der Waals surface area contributed by atoms with E-state index in [9.17, 15) is 13.6 Å². The summed E-state index contributed by atoms with van der Waals surface area (Å²) in [6.45, 7) is 13.4. The summed E-state index contributed by atoms with van der Waals surface area (Å²) in [6.07, 6.45) is 10.5. The number of fused-ring (bicyclic) bond motifs is 1. The Kier molecular flexibility index (Phi) is 15.4. The van der Waals surface area contributed by atoms with Crippen molar-refractivity contribution in [3.63, 3.8) is 0 Å². The van der Waals surface area contributed by atoms with Crippen LogP contribution in [0.4, 0.5) is 8.78 Å². The molecule has 0 aromatic carbocycles. The van der Waals surface area contributed by atoms with Crippen molar-refractivity contribution in [2.45, 2.75) is 78.2 Å². The number of nitrogens with two attached hydrogens (primary N) is 1. The van der Waals surface area contributed by atoms with Crippen molar-refractivity contribution < 1.29 is 22.7 Å². The number of alkyl halides is 2. The average Bonchev–Trinajstić information content (AvgIpc) is 3.51. The van der Waals surface area contributed by atoms with Crippen LogP contribution in [0.1, 0.15) is 68.2 Å². The number of nitrogens with zero attached hydrogens (tertiary/aromatic N) is 3. The summed E-state index contributed by atoms with van der Waals surface area (Å²) in [4.78, 5) is 21.8. The maximum Gasteiger partial charge on any atom is 0.278 e. The van der Waals surface area contributed by atoms with Gasteiger partial charge in [-0.25, -0.2) is 18.7 Å². The monoisotopic (exact) mass is 542 g/mol. The maximum atomic E-state index is 12.9. The number of hydrogen-bond acceptors (Lipinski definition) is 8. The molecule has 0 amide bonds. The fraction of sp³-hybridized carbons (Fsp3) is 0.667. The van der Waals surface area contributed by atoms with E-state index >= 15 is 0 Å². The summed E-state index contributed by atoms with van der Waals surface area (Å²) in [7, 11) is 1.50. The van der Waals surface area contributed by atoms with Crippen LogP contribution in [-0.4, -0.2) is 53.8 Å². The lowest BCUT2D eigenvalue weighted by atomic mass is 9.80. The highest BCUT2D eigenvalue weighted by Gasteiger charge is 2.27. The van der Waals surface area contributed by atoms with E-state index in [1.807, 2.05) is 0 Å². The molecule has 37 heavy (non-hydrogen) atoms. The molecule has 210 valence electrons. The first-order valence-electron chi connectivity index (χ1n) is 12.9. The van der Waals surface area contributed by atoms with Gasteiger partial charge < -0.3 is 19.7 Å². The molecule has 1 fully saturated rings. The van der Waals surface area contributed by atoms with Crippen molar-refractivity contribution in [3.8, 4) is 5.19 Å². The molecule has 1 saturated carbocycles. The van der Waals surface area contributed by atoms with Crippen LogP contribution in [0, 0.1) is 18.8 Å². The minimum Gasteiger partial charge on any atom is -0.464 e. The van der Waals surface area contributed by atoms with Gasteiger partial charge in [-0.15, -0.1) is 13.2 Å². The quantitative estimate of drug-likeness (QED) is 0.330. The molecule has 2 N–H and O–H groups in total. The van der Waals surface area contributed by atoms with Crippen LogP contribution in [-0.2, 0) is 24.2 Å². The van der Waals surface area contributed by atoms with E-state index in [4.69, 9.17) is 9.15 Å². The molecular weight excluding hydrogens is 498 g/mol. The Hall–Kier alpha value is -2.17. The zero-order valence-electron chi connectivity index (χ0n) is 22.8. The molecule has 3 heterocycles. The molecular formula is C27H44F2N4O3S. The fourth-order valence-electron chi connectivity index (χ4n) is 4.46. The van der Waals surface area contributed by atoms with Crippen LogP contribution in [0.3, 0.4) is 0 Å². The molecule has 10 heteroatoms. The number of aromatic nitrogens is 2. The molecule has 0 bridgehead atoms. The third-order valence-corrected chi connectivity index (χ3v) is 7.23. The summed E-state index contributed by atoms with van der Waals surface area (Å²) in [5, 5.41) is 0.392. The van der Waals surface area contributed by atoms with Crippen LogP contribution < -0.4 is 10.5 Å². The number of aldehydes is 1. The lowest BCUT2D eigenvalue weighted by molar-refractivity contribution is -0.107. The Labute approximate surface area is 224 Å². The SMILES string of the molecule is C=C.CC(CN1CCc2sc(OCC(C)(F)F)nc2C1)C1CCCCC1.CN.Cc1cnc(CC=O)o1. The second-order valence-electron chi connectivity index (χ2n) is 9.30. The number of rotatable bonds is 8. The number of thiazole rings is 1. The second-order valence-corrected chi connectivity index (χ2v) is 10.4. The molecule has 2 aromatic rings. The van der Waals surface area contributed by atoms with Crippen molar-refractivity contribution in [2.75, 3.05) is 26.7 Å². The first-order chi connectivity index (χ1) is 17.7. The first kappa shape index (κ1) is 32.9. The minimum absolute atomic E-state index is 0.272. The van der Waals surface area contributed by atoms with E-state index in [2.05, 4.69) is 40.7 Å². The summed E-state index contributed by atoms with van der Waals surface area (Å²) < 4.78 is 36.0. The van der Waals surface area contributed by atoms with Crippen LogP contribution in [0.25, 0.3) is 0 Å². The van der Waals surface area contributed by atoms with Gasteiger partial charge in [0, 0.05) is 31.4 Å². The van der Waals surface area contributed by atoms with Gasteiger partial charge in [0.15, 0.2) is 6.61 Å². The standard InChI is InChI=1S/C18H28F2N2OS.C6H7NO2.C2H4.CH5N/c1-13(14-6-4-3-5-7-14)10-22-9-8-16-15(11-22)21-17(24-16)23-12-18(2,19)20;1-5-4-7-6(9-5)2-3-8;2*1-2/h13-14H,3-12H2,1-2H3;3-4H,2H2,1H3;1-2H2;2H2,1H3. The Morgan fingerprint density at radius 2 is 2.00 bits per heavy atom. The second kappa shape index (κ2) is 17.4. The predicted molar refractivity (Wildman–Crippen MR) is 145 cm³/mol. The Balaban J connectivity index is 0.000000440. The molecule has 0 radical (unpaired) electrons. The van der Waals surface area contributed by atoms with Gasteiger partial charge in [0.1, 0.15) is 12.0 Å². The number of oxazole rings is 1. The van der Waals surface area contributed by atoms with Crippen LogP contribution in [0.15, 0.2) is 23.8 Å². The van der Waals surface area contributed by atoms with Crippen molar-refractivity contribution >= 4 is 17.6 Å². The van der Waals surface area contributed by atoms with Gasteiger partial charge in [-0.05, 0) is 32.2 Å². The Bertz CT molecular complexity index is 895. The lowest BCUT2D eigenvalue weighted by Crippen LogP contribution is -2.36. The average molecular weight is 543 g/mol. The molecule has 0 saturated heterocycles. The molecule has 2 aliphatic rings. The van der Waals surface area contributed by atoms with Gasteiger partial charge in [-0.3, -0.25) is 4.90 Å². The molecule has 0 spiro atoms. The zero-order valence-corrected chi connectivity index (χ0v) is 23.6. The van der Waals surface area contributed by atoms with E-state index < -0.39 is 12.5 Å². The molecule has 4 rings (SSSR count). The normalized spacial score (nSPS) is 16.5. The summed E-state index contributed by atoms with van der Waals surface area (Å²) >= 11 is 1.43. The summed E-state index contributed by atoms with van der Waals surface area (Å²) in [5.74, 6) is 0.00351. The van der Waals surface area contributed by atoms with Gasteiger partial charge in [0.05, 0.1) is 18.3 Å². The number of carbonyl (C=O) groups excluding carboxylic acids is 1. The summed E-state index contributed by atoms with van der Waals surface area (Å²) in [6, 6.07) is 0. The largest absolute Gasteiger partial charge is 0.464 e. The van der Waals surface area contributed by atoms with Gasteiger partial charge in [0.25, 0.3) is 11.1 Å². The van der Waals surface area contributed by atoms with E-state index in [1.165, 1.54) is 55.4 Å². The van der Waals surface area contributed by atoms with Crippen molar-refractivity contribution in [2.24, 2.45) is 17.6 Å². The number of hydrogen-bond donors (Lipinski definition) is 1. The van der Waals surface area contributed by atoms with E-state index in [-0.39, 0.29) is 6.42 Å². The number of ether oxygens (including phenoxy) is 1. The van der Waals surface area contributed by atoms with Gasteiger partial charge >= 0.3 is 0 Å². The topological polar surface area (TPSA) is 94.5 Å². The molecule has 2 aromatic heterocycles. The zero-order chi connectivity index (χ0) is 27.8. The van der Waals surface area contributed by atoms with Crippen LogP contribution in [0.5, 0.6) is 5.19 Å². The first-order valence-corrected chi connectivity index (χ1v) is 13.7. The third kappa shape index (κ3) is 12.3. The predicted octanol–water partition coefficient (Wildman–Crippen LogP) is 5.85. The van der Waals surface area contributed by atoms with Gasteiger partial charge in [0.2, 0.25) is 5.89 Å². The highest BCUT2D eigenvalue weighted by molar-refractivity contribution is 7.13. The van der Waals surface area contributed by atoms with Gasteiger partial charge in [-0.1, -0.05) is 50.4 Å². The smallest absolute Gasteiger partial charge is 0.278 e. The van der Waals surface area contributed by atoms with E-state index in [1.54, 1.807) is 13.1 Å². The minimum atomic E-state index is -2.81. The van der Waals surface area contributed by atoms with Gasteiger partial charge in [-0.2, -0.15) is 0 Å². The molecule has 1 unspecified atom stereocenters. The maximum absolute atomic E-state index is 12.9. The Morgan fingerprint density at radius 3 is 2.57 bits per heavy atom. The molecule has 1 atom stereocenters. The Morgan fingerprint density at radius 1 is 1.32 bits per heavy atom. The number of halogens is 2. The molecule has 1 aliphatic heterocycles. The van der Waals surface area contributed by atoms with E-state index in [0.29, 0.717) is 11.1 Å². The van der Waals surface area contributed by atoms with E-state index in [0.717, 1.165) is 62.6 Å². The molecule has 1 aliphatic carbocycles. The molecule has 7 nitrogen and oxygen atoms in total. The fourth-order valence-corrected chi connectivity index (χ4v) is 5.37. The lowest BCUT2D eigenvalue weighted by Gasteiger charge is -2.33. The number of aryl methyl sites for hydroxylation is 1. The van der Waals surface area contributed by atoms with Crippen LogP contribution >= 0.6 is 11.3 Å². The highest BCUT2D eigenvalue weighted by Crippen LogP contribution is 2.33. The highest BCUT2D eigenvalue weighted by atomic mass is 32.1. The third-order valence-electron chi connectivity index (χ3n) is 6.16. The number of carbonyl (C=O) groups is 1. The van der Waals surface area contributed by atoms with Crippen molar-refractivity contribution in [1.82, 2.24) is 14.9 Å².